The maximum atomic E-state index is 12.3. The Kier molecular flexibility index (Phi) is 5.17. The van der Waals surface area contributed by atoms with Crippen LogP contribution in [-0.4, -0.2) is 34.0 Å². The molecule has 3 rings (SSSR count). The highest BCUT2D eigenvalue weighted by Gasteiger charge is 2.13. The summed E-state index contributed by atoms with van der Waals surface area (Å²) in [5.74, 6) is -0.470. The molecule has 0 radical (unpaired) electrons. The molecular formula is C19H20N4O3. The molecule has 0 unspecified atom stereocenters. The number of aromatic nitrogens is 2. The Bertz CT molecular complexity index is 989. The van der Waals surface area contributed by atoms with Crippen molar-refractivity contribution in [3.05, 3.63) is 70.6 Å². The molecular weight excluding hydrogens is 332 g/mol. The lowest BCUT2D eigenvalue weighted by atomic mass is 10.2. The van der Waals surface area contributed by atoms with Gasteiger partial charge in [-0.25, -0.2) is 4.79 Å². The lowest BCUT2D eigenvalue weighted by Gasteiger charge is -2.08. The van der Waals surface area contributed by atoms with Crippen molar-refractivity contribution in [2.45, 2.75) is 6.54 Å². The third kappa shape index (κ3) is 3.66. The molecule has 0 spiro atoms. The van der Waals surface area contributed by atoms with Crippen molar-refractivity contribution in [1.29, 1.82) is 0 Å². The molecule has 0 atom stereocenters. The highest BCUT2D eigenvalue weighted by molar-refractivity contribution is 5.94. The van der Waals surface area contributed by atoms with E-state index in [0.717, 1.165) is 5.52 Å². The molecule has 0 aliphatic carbocycles. The molecule has 134 valence electrons. The Morgan fingerprint density at radius 2 is 1.50 bits per heavy atom. The lowest BCUT2D eigenvalue weighted by Crippen LogP contribution is -2.37. The minimum Gasteiger partial charge on any atom is -0.353 e. The summed E-state index contributed by atoms with van der Waals surface area (Å²) in [7, 11) is 1.68. The van der Waals surface area contributed by atoms with Crippen LogP contribution in [0.2, 0.25) is 0 Å². The zero-order valence-corrected chi connectivity index (χ0v) is 14.4. The smallest absolute Gasteiger partial charge is 0.329 e. The molecule has 3 aromatic rings. The van der Waals surface area contributed by atoms with Gasteiger partial charge in [-0.15, -0.1) is 0 Å². The molecule has 1 aromatic heterocycles. The van der Waals surface area contributed by atoms with Gasteiger partial charge in [0.1, 0.15) is 6.54 Å². The standard InChI is InChI=1S/C19H20N4O3/c1-22-15-9-5-6-10-16(15)23(19(22)26)13-17(24)20-11-12-21-18(25)14-7-3-2-4-8-14/h2-10H,11-13H2,1H3,(H,20,24)(H,21,25). The summed E-state index contributed by atoms with van der Waals surface area (Å²) < 4.78 is 2.95. The molecule has 0 bridgehead atoms. The van der Waals surface area contributed by atoms with Crippen LogP contribution in [0.3, 0.4) is 0 Å². The quantitative estimate of drug-likeness (QED) is 0.646. The Labute approximate surface area is 150 Å². The van der Waals surface area contributed by atoms with Gasteiger partial charge in [0.05, 0.1) is 11.0 Å². The Hall–Kier alpha value is -3.35. The number of benzene rings is 2. The van der Waals surface area contributed by atoms with Crippen LogP contribution in [0.5, 0.6) is 0 Å². The lowest BCUT2D eigenvalue weighted by molar-refractivity contribution is -0.121. The fourth-order valence-corrected chi connectivity index (χ4v) is 2.79. The number of nitrogens with zero attached hydrogens (tertiary/aromatic N) is 2. The van der Waals surface area contributed by atoms with Crippen molar-refractivity contribution in [3.8, 4) is 0 Å². The van der Waals surface area contributed by atoms with Crippen LogP contribution >= 0.6 is 0 Å². The van der Waals surface area contributed by atoms with Crippen molar-refractivity contribution < 1.29 is 9.59 Å². The van der Waals surface area contributed by atoms with Gasteiger partial charge in [0.2, 0.25) is 5.91 Å². The second-order valence-corrected chi connectivity index (χ2v) is 5.89. The zero-order valence-electron chi connectivity index (χ0n) is 14.4. The predicted octanol–water partition coefficient (Wildman–Crippen LogP) is 0.886. The van der Waals surface area contributed by atoms with Gasteiger partial charge in [-0.05, 0) is 24.3 Å². The number of hydrogen-bond acceptors (Lipinski definition) is 3. The number of hydrogen-bond donors (Lipinski definition) is 2. The molecule has 1 heterocycles. The number of carbonyl (C=O) groups excluding carboxylic acids is 2. The number of nitrogens with one attached hydrogen (secondary N) is 2. The van der Waals surface area contributed by atoms with E-state index in [1.807, 2.05) is 30.3 Å². The number of carbonyl (C=O) groups is 2. The van der Waals surface area contributed by atoms with Crippen molar-refractivity contribution in [2.75, 3.05) is 13.1 Å². The van der Waals surface area contributed by atoms with Gasteiger partial charge in [-0.1, -0.05) is 30.3 Å². The summed E-state index contributed by atoms with van der Waals surface area (Å²) in [4.78, 5) is 36.3. The van der Waals surface area contributed by atoms with Crippen molar-refractivity contribution in [1.82, 2.24) is 19.8 Å². The Morgan fingerprint density at radius 3 is 2.23 bits per heavy atom. The number of imidazole rings is 1. The highest BCUT2D eigenvalue weighted by atomic mass is 16.2. The van der Waals surface area contributed by atoms with Crippen LogP contribution in [0.1, 0.15) is 10.4 Å². The van der Waals surface area contributed by atoms with E-state index in [2.05, 4.69) is 10.6 Å². The highest BCUT2D eigenvalue weighted by Crippen LogP contribution is 2.10. The maximum Gasteiger partial charge on any atom is 0.329 e. The summed E-state index contributed by atoms with van der Waals surface area (Å²) in [6.45, 7) is 0.535. The normalized spacial score (nSPS) is 10.7. The monoisotopic (exact) mass is 352 g/mol. The van der Waals surface area contributed by atoms with Gasteiger partial charge in [0.15, 0.2) is 0 Å². The summed E-state index contributed by atoms with van der Waals surface area (Å²) in [6.07, 6.45) is 0. The first-order valence-electron chi connectivity index (χ1n) is 8.32. The predicted molar refractivity (Wildman–Crippen MR) is 99.0 cm³/mol. The maximum absolute atomic E-state index is 12.3. The summed E-state index contributed by atoms with van der Waals surface area (Å²) in [6, 6.07) is 16.2. The number of amides is 2. The van der Waals surface area contributed by atoms with E-state index in [1.165, 1.54) is 9.13 Å². The number of fused-ring (bicyclic) bond motifs is 1. The van der Waals surface area contributed by atoms with Crippen molar-refractivity contribution >= 4 is 22.8 Å². The largest absolute Gasteiger partial charge is 0.353 e. The van der Waals surface area contributed by atoms with Crippen LogP contribution in [0.4, 0.5) is 0 Å². The molecule has 7 nitrogen and oxygen atoms in total. The average Bonchev–Trinajstić information content (AvgIpc) is 2.91. The van der Waals surface area contributed by atoms with Crippen LogP contribution in [0, 0.1) is 0 Å². The minimum atomic E-state index is -0.280. The first kappa shape index (κ1) is 17.5. The summed E-state index contributed by atoms with van der Waals surface area (Å²) in [5, 5.41) is 5.45. The first-order valence-corrected chi connectivity index (χ1v) is 8.32. The second kappa shape index (κ2) is 7.69. The minimum absolute atomic E-state index is 0.0627. The summed E-state index contributed by atoms with van der Waals surface area (Å²) in [5.41, 5.74) is 1.83. The topological polar surface area (TPSA) is 85.1 Å². The van der Waals surface area contributed by atoms with Crippen LogP contribution in [-0.2, 0) is 18.4 Å². The number of para-hydroxylation sites is 2. The van der Waals surface area contributed by atoms with E-state index in [1.54, 1.807) is 31.3 Å². The third-order valence-corrected chi connectivity index (χ3v) is 4.12. The number of aryl methyl sites for hydroxylation is 1. The van der Waals surface area contributed by atoms with Gasteiger partial charge in [-0.3, -0.25) is 18.7 Å². The molecule has 0 aliphatic heterocycles. The Morgan fingerprint density at radius 1 is 0.885 bits per heavy atom. The molecule has 0 fully saturated rings. The van der Waals surface area contributed by atoms with Crippen LogP contribution in [0.15, 0.2) is 59.4 Å². The second-order valence-electron chi connectivity index (χ2n) is 5.89. The fourth-order valence-electron chi connectivity index (χ4n) is 2.79. The molecule has 26 heavy (non-hydrogen) atoms. The fraction of sp³-hybridized carbons (Fsp3) is 0.211. The first-order chi connectivity index (χ1) is 12.6. The molecule has 0 aliphatic rings. The zero-order chi connectivity index (χ0) is 18.5. The van der Waals surface area contributed by atoms with Gasteiger partial charge >= 0.3 is 5.69 Å². The molecule has 7 heteroatoms. The van der Waals surface area contributed by atoms with E-state index in [9.17, 15) is 14.4 Å². The van der Waals surface area contributed by atoms with E-state index in [-0.39, 0.29) is 30.6 Å². The molecule has 2 N–H and O–H groups in total. The summed E-state index contributed by atoms with van der Waals surface area (Å²) >= 11 is 0. The van der Waals surface area contributed by atoms with Gasteiger partial charge in [0.25, 0.3) is 5.91 Å². The molecule has 0 saturated heterocycles. The number of rotatable bonds is 6. The van der Waals surface area contributed by atoms with Gasteiger partial charge in [0, 0.05) is 25.7 Å². The van der Waals surface area contributed by atoms with E-state index >= 15 is 0 Å². The molecule has 0 saturated carbocycles. The van der Waals surface area contributed by atoms with E-state index in [4.69, 9.17) is 0 Å². The molecule has 2 amide bonds. The van der Waals surface area contributed by atoms with Crippen LogP contribution in [0.25, 0.3) is 11.0 Å². The van der Waals surface area contributed by atoms with E-state index in [0.29, 0.717) is 17.6 Å². The SMILES string of the molecule is Cn1c(=O)n(CC(=O)NCCNC(=O)c2ccccc2)c2ccccc21. The Balaban J connectivity index is 1.53. The van der Waals surface area contributed by atoms with Gasteiger partial charge < -0.3 is 10.6 Å². The third-order valence-electron chi connectivity index (χ3n) is 4.12. The van der Waals surface area contributed by atoms with Crippen molar-refractivity contribution in [2.24, 2.45) is 7.05 Å². The average molecular weight is 352 g/mol. The van der Waals surface area contributed by atoms with E-state index < -0.39 is 0 Å². The van der Waals surface area contributed by atoms with Crippen LogP contribution < -0.4 is 16.3 Å². The molecule has 2 aromatic carbocycles. The van der Waals surface area contributed by atoms with Gasteiger partial charge in [-0.2, -0.15) is 0 Å². The van der Waals surface area contributed by atoms with Crippen molar-refractivity contribution in [3.63, 3.8) is 0 Å².